The summed E-state index contributed by atoms with van der Waals surface area (Å²) in [4.78, 5) is 39.5. The van der Waals surface area contributed by atoms with Crippen LogP contribution in [0.3, 0.4) is 0 Å². The molecule has 0 unspecified atom stereocenters. The zero-order valence-corrected chi connectivity index (χ0v) is 22.3. The minimum atomic E-state index is -0.403. The van der Waals surface area contributed by atoms with E-state index in [-0.39, 0.29) is 12.4 Å². The summed E-state index contributed by atoms with van der Waals surface area (Å²) in [6, 6.07) is 18.3. The normalized spacial score (nSPS) is 14.2. The highest BCUT2D eigenvalue weighted by Crippen LogP contribution is 2.46. The Labute approximate surface area is 235 Å². The van der Waals surface area contributed by atoms with E-state index in [1.165, 1.54) is 0 Å². The van der Waals surface area contributed by atoms with Crippen molar-refractivity contribution in [3.63, 3.8) is 0 Å². The first-order valence-corrected chi connectivity index (χ1v) is 13.5. The molecule has 41 heavy (non-hydrogen) atoms. The van der Waals surface area contributed by atoms with Gasteiger partial charge >= 0.3 is 5.97 Å². The molecule has 1 fully saturated rings. The number of carbonyl (C=O) groups excluding carboxylic acids is 2. The van der Waals surface area contributed by atoms with Gasteiger partial charge < -0.3 is 24.4 Å². The zero-order chi connectivity index (χ0) is 27.9. The fourth-order valence-corrected chi connectivity index (χ4v) is 5.58. The number of carbonyl (C=O) groups is 2. The Bertz CT molecular complexity index is 1790. The predicted octanol–water partition coefficient (Wildman–Crippen LogP) is 5.08. The summed E-state index contributed by atoms with van der Waals surface area (Å²) >= 11 is 0. The summed E-state index contributed by atoms with van der Waals surface area (Å²) in [5.41, 5.74) is 5.00. The van der Waals surface area contributed by atoms with Crippen molar-refractivity contribution in [2.45, 2.75) is 6.92 Å². The number of nitrogens with one attached hydrogen (secondary N) is 1. The Balaban J connectivity index is 1.32. The minimum Gasteiger partial charge on any atom is -0.462 e. The number of nitrogens with zero attached hydrogens (tertiary/aromatic N) is 5. The third kappa shape index (κ3) is 4.24. The Hall–Kier alpha value is -5.25. The average Bonchev–Trinajstić information content (AvgIpc) is 3.46. The van der Waals surface area contributed by atoms with Crippen molar-refractivity contribution in [3.8, 4) is 11.3 Å². The smallest absolute Gasteiger partial charge is 0.338 e. The van der Waals surface area contributed by atoms with Crippen LogP contribution in [-0.4, -0.2) is 59.7 Å². The molecule has 0 amide bonds. The Morgan fingerprint density at radius 1 is 0.951 bits per heavy atom. The van der Waals surface area contributed by atoms with E-state index in [1.54, 1.807) is 49.6 Å². The van der Waals surface area contributed by atoms with Gasteiger partial charge in [0, 0.05) is 55.4 Å². The molecule has 10 heteroatoms. The lowest BCUT2D eigenvalue weighted by molar-refractivity contribution is 0.0526. The van der Waals surface area contributed by atoms with Gasteiger partial charge in [-0.25, -0.2) is 14.8 Å². The van der Waals surface area contributed by atoms with Gasteiger partial charge in [-0.2, -0.15) is 0 Å². The summed E-state index contributed by atoms with van der Waals surface area (Å²) in [5.74, 6) is 0.770. The van der Waals surface area contributed by atoms with Crippen molar-refractivity contribution in [2.75, 3.05) is 47.9 Å². The van der Waals surface area contributed by atoms with Crippen molar-refractivity contribution < 1.29 is 18.8 Å². The number of ketones is 1. The zero-order valence-electron chi connectivity index (χ0n) is 22.3. The van der Waals surface area contributed by atoms with E-state index < -0.39 is 5.97 Å². The van der Waals surface area contributed by atoms with Gasteiger partial charge in [-0.15, -0.1) is 0 Å². The molecule has 204 valence electrons. The number of anilines is 4. The minimum absolute atomic E-state index is 0.108. The summed E-state index contributed by atoms with van der Waals surface area (Å²) in [6.07, 6.45) is 3.49. The molecule has 0 bridgehead atoms. The van der Waals surface area contributed by atoms with Crippen LogP contribution in [0.15, 0.2) is 77.6 Å². The Morgan fingerprint density at radius 2 is 1.71 bits per heavy atom. The van der Waals surface area contributed by atoms with Gasteiger partial charge in [-0.1, -0.05) is 35.5 Å². The van der Waals surface area contributed by atoms with Crippen molar-refractivity contribution >= 4 is 45.7 Å². The molecular weight excluding hydrogens is 520 g/mol. The van der Waals surface area contributed by atoms with Crippen LogP contribution in [0.5, 0.6) is 0 Å². The number of hydrogen-bond donors (Lipinski definition) is 1. The van der Waals surface area contributed by atoms with E-state index in [1.807, 2.05) is 30.3 Å². The van der Waals surface area contributed by atoms with Crippen LogP contribution in [0.1, 0.15) is 33.2 Å². The highest BCUT2D eigenvalue weighted by atomic mass is 16.5. The average molecular weight is 547 g/mol. The maximum absolute atomic E-state index is 13.9. The van der Waals surface area contributed by atoms with Crippen LogP contribution in [0.4, 0.5) is 23.0 Å². The van der Waals surface area contributed by atoms with Crippen LogP contribution >= 0.6 is 0 Å². The second-order valence-electron chi connectivity index (χ2n) is 9.88. The monoisotopic (exact) mass is 546 g/mol. The molecule has 0 atom stereocenters. The lowest BCUT2D eigenvalue weighted by atomic mass is 9.86. The number of hydrogen-bond acceptors (Lipinski definition) is 10. The fourth-order valence-electron chi connectivity index (χ4n) is 5.58. The first-order chi connectivity index (χ1) is 20.1. The molecule has 0 radical (unpaired) electrons. The van der Waals surface area contributed by atoms with E-state index >= 15 is 0 Å². The van der Waals surface area contributed by atoms with Crippen LogP contribution < -0.4 is 15.1 Å². The number of aromatic nitrogens is 3. The second-order valence-corrected chi connectivity index (χ2v) is 9.88. The quantitative estimate of drug-likeness (QED) is 0.284. The molecule has 1 aliphatic carbocycles. The van der Waals surface area contributed by atoms with Gasteiger partial charge in [0.25, 0.3) is 0 Å². The number of piperazine rings is 1. The van der Waals surface area contributed by atoms with Gasteiger partial charge in [0.1, 0.15) is 5.52 Å². The molecule has 7 rings (SSSR count). The maximum atomic E-state index is 13.9. The van der Waals surface area contributed by atoms with Gasteiger partial charge in [0.2, 0.25) is 5.95 Å². The van der Waals surface area contributed by atoms with Crippen LogP contribution in [0, 0.1) is 0 Å². The summed E-state index contributed by atoms with van der Waals surface area (Å²) in [7, 11) is 0. The predicted molar refractivity (Wildman–Crippen MR) is 155 cm³/mol. The van der Waals surface area contributed by atoms with Gasteiger partial charge in [-0.3, -0.25) is 4.79 Å². The van der Waals surface area contributed by atoms with Crippen LogP contribution in [0.25, 0.3) is 22.2 Å². The van der Waals surface area contributed by atoms with E-state index in [0.29, 0.717) is 63.8 Å². The number of rotatable bonds is 6. The third-order valence-corrected chi connectivity index (χ3v) is 7.49. The van der Waals surface area contributed by atoms with Crippen molar-refractivity contribution in [1.29, 1.82) is 0 Å². The van der Waals surface area contributed by atoms with Gasteiger partial charge in [-0.05, 0) is 37.3 Å². The van der Waals surface area contributed by atoms with E-state index in [9.17, 15) is 9.59 Å². The van der Waals surface area contributed by atoms with Crippen LogP contribution in [0.2, 0.25) is 0 Å². The molecule has 1 aliphatic heterocycles. The summed E-state index contributed by atoms with van der Waals surface area (Å²) in [6.45, 7) is 4.92. The number of esters is 1. The summed E-state index contributed by atoms with van der Waals surface area (Å²) < 4.78 is 11.1. The standard InChI is InChI=1S/C31H26N6O4/c1-2-40-30(39)19-7-5-8-20(17-19)34-23-18-24(36-13-15-37(16-14-36)31-32-11-6-12-33-31)27-26-25(23)28(38)21-9-3-4-10-22(21)29(26)41-35-27/h3-12,17-18,34H,2,13-16H2,1H3. The third-order valence-electron chi connectivity index (χ3n) is 7.49. The van der Waals surface area contributed by atoms with E-state index in [2.05, 4.69) is 30.2 Å². The molecular formula is C31H26N6O4. The lowest BCUT2D eigenvalue weighted by Gasteiger charge is -2.36. The molecule has 3 aromatic carbocycles. The molecule has 2 aliphatic rings. The largest absolute Gasteiger partial charge is 0.462 e. The number of ether oxygens (including phenoxy) is 1. The Morgan fingerprint density at radius 3 is 2.49 bits per heavy atom. The molecule has 0 saturated carbocycles. The molecule has 1 saturated heterocycles. The van der Waals surface area contributed by atoms with Crippen molar-refractivity contribution in [2.24, 2.45) is 0 Å². The van der Waals surface area contributed by atoms with Crippen LogP contribution in [-0.2, 0) is 4.74 Å². The lowest BCUT2D eigenvalue weighted by Crippen LogP contribution is -2.47. The van der Waals surface area contributed by atoms with Crippen molar-refractivity contribution in [1.82, 2.24) is 15.1 Å². The maximum Gasteiger partial charge on any atom is 0.338 e. The second kappa shape index (κ2) is 10.1. The molecule has 3 heterocycles. The van der Waals surface area contributed by atoms with E-state index in [4.69, 9.17) is 9.26 Å². The van der Waals surface area contributed by atoms with Crippen molar-refractivity contribution in [3.05, 3.63) is 89.7 Å². The first-order valence-electron chi connectivity index (χ1n) is 13.5. The molecule has 5 aromatic rings. The molecule has 10 nitrogen and oxygen atoms in total. The van der Waals surface area contributed by atoms with Gasteiger partial charge in [0.15, 0.2) is 11.5 Å². The first kappa shape index (κ1) is 24.8. The van der Waals surface area contributed by atoms with Gasteiger partial charge in [0.05, 0.1) is 34.5 Å². The Kier molecular flexibility index (Phi) is 6.07. The highest BCUT2D eigenvalue weighted by Gasteiger charge is 2.34. The SMILES string of the molecule is CCOC(=O)c1cccc(Nc2cc(N3CCN(c4ncccn4)CC3)c3noc4c3c2C(=O)c2ccccc2-4)c1. The fraction of sp³-hybridized carbons (Fsp3) is 0.194. The molecule has 0 spiro atoms. The highest BCUT2D eigenvalue weighted by molar-refractivity contribution is 6.28. The summed E-state index contributed by atoms with van der Waals surface area (Å²) in [5, 5.41) is 8.59. The number of benzene rings is 3. The molecule has 1 N–H and O–H groups in total. The molecule has 2 aromatic heterocycles. The topological polar surface area (TPSA) is 114 Å². The van der Waals surface area contributed by atoms with E-state index in [0.717, 1.165) is 24.3 Å². The number of fused-ring (bicyclic) bond motifs is 2.